The first-order chi connectivity index (χ1) is 15.4. The van der Waals surface area contributed by atoms with Crippen molar-refractivity contribution < 1.29 is 19.0 Å². The van der Waals surface area contributed by atoms with E-state index in [1.807, 2.05) is 67.6 Å². The molecule has 0 amide bonds. The molecule has 1 aliphatic rings. The largest absolute Gasteiger partial charge is 0.493 e. The highest BCUT2D eigenvalue weighted by Crippen LogP contribution is 2.31. The molecule has 5 nitrogen and oxygen atoms in total. The Kier molecular flexibility index (Phi) is 7.14. The maximum atomic E-state index is 12.4. The van der Waals surface area contributed by atoms with Crippen molar-refractivity contribution in [1.29, 1.82) is 0 Å². The second-order valence-corrected chi connectivity index (χ2v) is 9.41. The van der Waals surface area contributed by atoms with Gasteiger partial charge in [-0.15, -0.1) is 0 Å². The van der Waals surface area contributed by atoms with Crippen molar-refractivity contribution in [3.05, 3.63) is 95.8 Å². The molecular weight excluding hydrogens is 632 g/mol. The Labute approximate surface area is 213 Å². The van der Waals surface area contributed by atoms with Gasteiger partial charge in [0.15, 0.2) is 17.2 Å². The average molecular weight is 651 g/mol. The van der Waals surface area contributed by atoms with E-state index in [0.717, 1.165) is 29.4 Å². The third-order valence-electron chi connectivity index (χ3n) is 4.86. The molecular formula is C25H19I2NO4. The maximum absolute atomic E-state index is 12.4. The normalized spacial score (nSPS) is 14.3. The summed E-state index contributed by atoms with van der Waals surface area (Å²) in [5, 5.41) is 0. The smallest absolute Gasteiger partial charge is 0.363 e. The first-order valence-electron chi connectivity index (χ1n) is 9.78. The van der Waals surface area contributed by atoms with Gasteiger partial charge < -0.3 is 14.2 Å². The monoisotopic (exact) mass is 651 g/mol. The number of rotatable bonds is 6. The third-order valence-corrected chi connectivity index (χ3v) is 7.12. The van der Waals surface area contributed by atoms with E-state index in [4.69, 9.17) is 14.2 Å². The molecule has 3 aromatic carbocycles. The number of cyclic esters (lactones) is 1. The lowest BCUT2D eigenvalue weighted by atomic mass is 10.1. The van der Waals surface area contributed by atoms with Gasteiger partial charge in [0.2, 0.25) is 5.90 Å². The minimum absolute atomic E-state index is 0.241. The minimum Gasteiger partial charge on any atom is -0.493 e. The standard InChI is InChI=1S/C25H19I2NO4/c1-15-11-17(8-9-19(15)26)24-28-21(25(29)32-24)12-16-7-10-22(23(13-16)30-2)31-14-18-5-3-4-6-20(18)27/h3-13H,14H2,1-2H3/b21-12-. The number of carbonyl (C=O) groups is 1. The van der Waals surface area contributed by atoms with Crippen LogP contribution in [0.4, 0.5) is 0 Å². The number of methoxy groups -OCH3 is 1. The SMILES string of the molecule is COc1cc(/C=C2\N=C(c3ccc(I)c(C)c3)OC2=O)ccc1OCc1ccccc1I. The van der Waals surface area contributed by atoms with E-state index in [0.29, 0.717) is 24.0 Å². The van der Waals surface area contributed by atoms with Gasteiger partial charge in [0.1, 0.15) is 6.61 Å². The van der Waals surface area contributed by atoms with E-state index >= 15 is 0 Å². The van der Waals surface area contributed by atoms with Crippen molar-refractivity contribution in [2.24, 2.45) is 4.99 Å². The van der Waals surface area contributed by atoms with Crippen molar-refractivity contribution in [2.45, 2.75) is 13.5 Å². The zero-order valence-corrected chi connectivity index (χ0v) is 21.7. The van der Waals surface area contributed by atoms with Crippen LogP contribution >= 0.6 is 45.2 Å². The van der Waals surface area contributed by atoms with Crippen LogP contribution in [0.2, 0.25) is 0 Å². The first kappa shape index (κ1) is 22.8. The van der Waals surface area contributed by atoms with Gasteiger partial charge in [-0.3, -0.25) is 0 Å². The second-order valence-electron chi connectivity index (χ2n) is 7.09. The number of halogens is 2. The van der Waals surface area contributed by atoms with E-state index < -0.39 is 5.97 Å². The molecule has 0 saturated heterocycles. The van der Waals surface area contributed by atoms with Crippen molar-refractivity contribution >= 4 is 63.1 Å². The Morgan fingerprint density at radius 1 is 1.00 bits per heavy atom. The Morgan fingerprint density at radius 3 is 2.56 bits per heavy atom. The quantitative estimate of drug-likeness (QED) is 0.183. The Hall–Kier alpha value is -2.40. The summed E-state index contributed by atoms with van der Waals surface area (Å²) in [6.45, 7) is 2.44. The highest BCUT2D eigenvalue weighted by Gasteiger charge is 2.24. The number of nitrogens with zero attached hydrogens (tertiary/aromatic N) is 1. The molecule has 32 heavy (non-hydrogen) atoms. The number of hydrogen-bond donors (Lipinski definition) is 0. The predicted octanol–water partition coefficient (Wildman–Crippen LogP) is 6.14. The number of aryl methyl sites for hydroxylation is 1. The van der Waals surface area contributed by atoms with Gasteiger partial charge in [-0.05, 0) is 106 Å². The molecule has 0 unspecified atom stereocenters. The lowest BCUT2D eigenvalue weighted by Gasteiger charge is -2.12. The summed E-state index contributed by atoms with van der Waals surface area (Å²) in [5.41, 5.74) is 3.98. The van der Waals surface area contributed by atoms with Crippen LogP contribution in [-0.2, 0) is 16.1 Å². The van der Waals surface area contributed by atoms with Gasteiger partial charge in [-0.25, -0.2) is 9.79 Å². The lowest BCUT2D eigenvalue weighted by molar-refractivity contribution is -0.129. The summed E-state index contributed by atoms with van der Waals surface area (Å²) in [7, 11) is 1.59. The Balaban J connectivity index is 1.55. The average Bonchev–Trinajstić information content (AvgIpc) is 3.15. The minimum atomic E-state index is -0.478. The number of hydrogen-bond acceptors (Lipinski definition) is 5. The van der Waals surface area contributed by atoms with E-state index in [-0.39, 0.29) is 5.70 Å². The number of ether oxygens (including phenoxy) is 3. The molecule has 7 heteroatoms. The summed E-state index contributed by atoms with van der Waals surface area (Å²) < 4.78 is 19.1. The molecule has 0 aliphatic carbocycles. The van der Waals surface area contributed by atoms with E-state index in [9.17, 15) is 4.79 Å². The lowest BCUT2D eigenvalue weighted by Crippen LogP contribution is -2.05. The molecule has 0 aromatic heterocycles. The van der Waals surface area contributed by atoms with Gasteiger partial charge in [-0.1, -0.05) is 24.3 Å². The first-order valence-corrected chi connectivity index (χ1v) is 11.9. The second kappa shape index (κ2) is 10.0. The molecule has 0 N–H and O–H groups in total. The number of esters is 1. The Morgan fingerprint density at radius 2 is 1.81 bits per heavy atom. The molecule has 0 radical (unpaired) electrons. The van der Waals surface area contributed by atoms with Crippen LogP contribution in [0, 0.1) is 14.1 Å². The van der Waals surface area contributed by atoms with Crippen LogP contribution in [0.15, 0.2) is 71.4 Å². The van der Waals surface area contributed by atoms with E-state index in [1.54, 1.807) is 13.2 Å². The zero-order chi connectivity index (χ0) is 22.7. The molecule has 1 heterocycles. The molecule has 1 aliphatic heterocycles. The molecule has 0 fully saturated rings. The van der Waals surface area contributed by atoms with Crippen molar-refractivity contribution in [1.82, 2.24) is 0 Å². The Bertz CT molecular complexity index is 1250. The van der Waals surface area contributed by atoms with Gasteiger partial charge in [0, 0.05) is 18.3 Å². The molecule has 162 valence electrons. The van der Waals surface area contributed by atoms with E-state index in [2.05, 4.69) is 50.2 Å². The van der Waals surface area contributed by atoms with Crippen LogP contribution < -0.4 is 9.47 Å². The summed E-state index contributed by atoms with van der Waals surface area (Å²) in [4.78, 5) is 16.8. The fourth-order valence-corrected chi connectivity index (χ4v) is 4.01. The zero-order valence-electron chi connectivity index (χ0n) is 17.4. The fraction of sp³-hybridized carbons (Fsp3) is 0.120. The number of benzene rings is 3. The van der Waals surface area contributed by atoms with Crippen molar-refractivity contribution in [3.63, 3.8) is 0 Å². The van der Waals surface area contributed by atoms with Gasteiger partial charge >= 0.3 is 5.97 Å². The van der Waals surface area contributed by atoms with Crippen LogP contribution in [0.25, 0.3) is 6.08 Å². The molecule has 0 saturated carbocycles. The number of carbonyl (C=O) groups excluding carboxylic acids is 1. The summed E-state index contributed by atoms with van der Waals surface area (Å²) in [6.07, 6.45) is 1.68. The third kappa shape index (κ3) is 5.15. The van der Waals surface area contributed by atoms with Crippen LogP contribution in [0.1, 0.15) is 22.3 Å². The highest BCUT2D eigenvalue weighted by molar-refractivity contribution is 14.1. The molecule has 0 atom stereocenters. The highest BCUT2D eigenvalue weighted by atomic mass is 127. The predicted molar refractivity (Wildman–Crippen MR) is 141 cm³/mol. The number of aliphatic imine (C=N–C) groups is 1. The van der Waals surface area contributed by atoms with Crippen molar-refractivity contribution in [3.8, 4) is 11.5 Å². The van der Waals surface area contributed by atoms with Gasteiger partial charge in [0.25, 0.3) is 0 Å². The molecule has 0 spiro atoms. The topological polar surface area (TPSA) is 57.1 Å². The molecule has 4 rings (SSSR count). The molecule has 0 bridgehead atoms. The molecule has 3 aromatic rings. The maximum Gasteiger partial charge on any atom is 0.363 e. The van der Waals surface area contributed by atoms with Crippen LogP contribution in [0.5, 0.6) is 11.5 Å². The van der Waals surface area contributed by atoms with Gasteiger partial charge in [0.05, 0.1) is 7.11 Å². The van der Waals surface area contributed by atoms with Gasteiger partial charge in [-0.2, -0.15) is 0 Å². The summed E-state index contributed by atoms with van der Waals surface area (Å²) in [6, 6.07) is 19.4. The van der Waals surface area contributed by atoms with Crippen molar-refractivity contribution in [2.75, 3.05) is 7.11 Å². The van der Waals surface area contributed by atoms with Crippen LogP contribution in [-0.4, -0.2) is 19.0 Å². The van der Waals surface area contributed by atoms with Crippen LogP contribution in [0.3, 0.4) is 0 Å². The summed E-state index contributed by atoms with van der Waals surface area (Å²) in [5.74, 6) is 1.04. The van der Waals surface area contributed by atoms with E-state index in [1.165, 1.54) is 0 Å². The fourth-order valence-electron chi connectivity index (χ4n) is 3.13. The summed E-state index contributed by atoms with van der Waals surface area (Å²) >= 11 is 4.55.